The van der Waals surface area contributed by atoms with Crippen molar-refractivity contribution in [1.82, 2.24) is 20.0 Å². The van der Waals surface area contributed by atoms with Crippen LogP contribution in [-0.2, 0) is 0 Å². The highest BCUT2D eigenvalue weighted by atomic mass is 16.2. The molecule has 2 heterocycles. The minimum Gasteiger partial charge on any atom is -0.312 e. The Labute approximate surface area is 250 Å². The predicted molar refractivity (Wildman–Crippen MR) is 165 cm³/mol. The summed E-state index contributed by atoms with van der Waals surface area (Å²) in [5.74, 6) is -0.936. The van der Waals surface area contributed by atoms with Gasteiger partial charge in [0, 0.05) is 71.3 Å². The van der Waals surface area contributed by atoms with Gasteiger partial charge >= 0.3 is 0 Å². The number of hydrogen-bond donors (Lipinski definition) is 1. The molecule has 1 N–H and O–H groups in total. The van der Waals surface area contributed by atoms with E-state index in [1.54, 1.807) is 24.3 Å². The SMILES string of the molecule is CN(CCN1C(=O)c2cccc3cccc(c23)C1=O)C1CCCC(NCCN2C(=O)c3cccc4cccc(c34)C2=O)C1. The molecule has 4 aromatic rings. The molecule has 0 radical (unpaired) electrons. The second-order valence-electron chi connectivity index (χ2n) is 11.9. The molecule has 7 rings (SSSR count). The fourth-order valence-electron chi connectivity index (χ4n) is 7.14. The summed E-state index contributed by atoms with van der Waals surface area (Å²) in [5.41, 5.74) is 2.34. The number of imide groups is 2. The Morgan fingerprint density at radius 2 is 1.14 bits per heavy atom. The molecule has 218 valence electrons. The van der Waals surface area contributed by atoms with E-state index in [9.17, 15) is 19.2 Å². The highest BCUT2D eigenvalue weighted by Crippen LogP contribution is 2.31. The molecule has 0 aromatic heterocycles. The van der Waals surface area contributed by atoms with Gasteiger partial charge in [-0.15, -0.1) is 0 Å². The highest BCUT2D eigenvalue weighted by Gasteiger charge is 2.34. The second-order valence-corrected chi connectivity index (χ2v) is 11.9. The topological polar surface area (TPSA) is 90.0 Å². The van der Waals surface area contributed by atoms with Gasteiger partial charge in [0.1, 0.15) is 0 Å². The number of likely N-dealkylation sites (N-methyl/N-ethyl adjacent to an activating group) is 1. The molecule has 0 saturated heterocycles. The Balaban J connectivity index is 0.947. The molecule has 1 saturated carbocycles. The highest BCUT2D eigenvalue weighted by molar-refractivity contribution is 6.26. The normalized spacial score (nSPS) is 20.1. The molecular weight excluding hydrogens is 540 g/mol. The molecule has 3 aliphatic rings. The minimum atomic E-state index is -0.238. The van der Waals surface area contributed by atoms with E-state index in [0.29, 0.717) is 54.5 Å². The average Bonchev–Trinajstić information content (AvgIpc) is 3.04. The Morgan fingerprint density at radius 3 is 1.63 bits per heavy atom. The van der Waals surface area contributed by atoms with Gasteiger partial charge in [-0.1, -0.05) is 55.0 Å². The van der Waals surface area contributed by atoms with Crippen LogP contribution in [0.5, 0.6) is 0 Å². The van der Waals surface area contributed by atoms with Crippen LogP contribution in [-0.4, -0.2) is 83.6 Å². The Hall–Kier alpha value is -4.40. The molecular formula is C35H34N4O4. The Morgan fingerprint density at radius 1 is 0.674 bits per heavy atom. The Kier molecular flexibility index (Phi) is 7.03. The van der Waals surface area contributed by atoms with Gasteiger partial charge in [-0.2, -0.15) is 0 Å². The van der Waals surface area contributed by atoms with Gasteiger partial charge in [-0.05, 0) is 61.3 Å². The van der Waals surface area contributed by atoms with E-state index in [4.69, 9.17) is 0 Å². The lowest BCUT2D eigenvalue weighted by atomic mass is 9.90. The zero-order valence-electron chi connectivity index (χ0n) is 24.2. The number of carbonyl (C=O) groups excluding carboxylic acids is 4. The first kappa shape index (κ1) is 27.4. The predicted octanol–water partition coefficient (Wildman–Crippen LogP) is 4.72. The summed E-state index contributed by atoms with van der Waals surface area (Å²) in [6, 6.07) is 22.9. The molecule has 2 aliphatic heterocycles. The monoisotopic (exact) mass is 574 g/mol. The maximum Gasteiger partial charge on any atom is 0.261 e. The summed E-state index contributed by atoms with van der Waals surface area (Å²) < 4.78 is 0. The molecule has 0 spiro atoms. The van der Waals surface area contributed by atoms with Crippen molar-refractivity contribution >= 4 is 45.2 Å². The number of amides is 4. The van der Waals surface area contributed by atoms with Crippen LogP contribution in [0.25, 0.3) is 21.5 Å². The van der Waals surface area contributed by atoms with Gasteiger partial charge in [0.2, 0.25) is 0 Å². The van der Waals surface area contributed by atoms with Gasteiger partial charge in [0.25, 0.3) is 23.6 Å². The zero-order valence-corrected chi connectivity index (χ0v) is 24.2. The van der Waals surface area contributed by atoms with Gasteiger partial charge in [0.15, 0.2) is 0 Å². The number of nitrogens with zero attached hydrogens (tertiary/aromatic N) is 3. The lowest BCUT2D eigenvalue weighted by Gasteiger charge is -2.37. The fourth-order valence-corrected chi connectivity index (χ4v) is 7.14. The van der Waals surface area contributed by atoms with E-state index in [-0.39, 0.29) is 29.7 Å². The average molecular weight is 575 g/mol. The Bertz CT molecular complexity index is 1700. The maximum atomic E-state index is 13.3. The number of carbonyl (C=O) groups is 4. The van der Waals surface area contributed by atoms with E-state index in [1.807, 2.05) is 48.5 Å². The molecule has 4 aromatic carbocycles. The standard InChI is InChI=1S/C35H34N4O4/c1-37(19-20-39-34(42)28-15-4-9-23-10-5-16-29(31(23)28)35(39)43)25-12-6-11-24(21-25)36-17-18-38-32(40)26-13-2-7-22-8-3-14-27(30(22)26)33(38)41/h2-5,7-10,13-16,24-25,36H,6,11-12,17-21H2,1H3. The first-order chi connectivity index (χ1) is 20.9. The number of hydrogen-bond acceptors (Lipinski definition) is 6. The van der Waals surface area contributed by atoms with Gasteiger partial charge < -0.3 is 10.2 Å². The minimum absolute atomic E-state index is 0.230. The van der Waals surface area contributed by atoms with Crippen molar-refractivity contribution in [2.24, 2.45) is 0 Å². The van der Waals surface area contributed by atoms with Crippen LogP contribution in [0.3, 0.4) is 0 Å². The summed E-state index contributed by atoms with van der Waals surface area (Å²) in [6.07, 6.45) is 4.05. The summed E-state index contributed by atoms with van der Waals surface area (Å²) in [6.45, 7) is 1.76. The maximum absolute atomic E-state index is 13.3. The summed E-state index contributed by atoms with van der Waals surface area (Å²) in [4.78, 5) is 58.0. The van der Waals surface area contributed by atoms with Crippen molar-refractivity contribution in [3.63, 3.8) is 0 Å². The third kappa shape index (κ3) is 4.71. The summed E-state index contributed by atoms with van der Waals surface area (Å²) in [7, 11) is 2.06. The number of benzene rings is 4. The van der Waals surface area contributed by atoms with Gasteiger partial charge in [0.05, 0.1) is 0 Å². The second kappa shape index (κ2) is 11.0. The van der Waals surface area contributed by atoms with E-state index in [1.165, 1.54) is 9.80 Å². The zero-order chi connectivity index (χ0) is 29.7. The molecule has 8 heteroatoms. The summed E-state index contributed by atoms with van der Waals surface area (Å²) in [5, 5.41) is 6.90. The van der Waals surface area contributed by atoms with Gasteiger partial charge in [-0.3, -0.25) is 29.0 Å². The fraction of sp³-hybridized carbons (Fsp3) is 0.314. The van der Waals surface area contributed by atoms with Crippen LogP contribution in [0.2, 0.25) is 0 Å². The van der Waals surface area contributed by atoms with Crippen LogP contribution in [0, 0.1) is 0 Å². The largest absolute Gasteiger partial charge is 0.312 e. The molecule has 8 nitrogen and oxygen atoms in total. The summed E-state index contributed by atoms with van der Waals surface area (Å²) >= 11 is 0. The van der Waals surface area contributed by atoms with Crippen molar-refractivity contribution in [1.29, 1.82) is 0 Å². The third-order valence-corrected chi connectivity index (χ3v) is 9.43. The number of rotatable bonds is 8. The smallest absolute Gasteiger partial charge is 0.261 e. The van der Waals surface area contributed by atoms with Crippen molar-refractivity contribution in [2.45, 2.75) is 37.8 Å². The number of nitrogens with one attached hydrogen (secondary N) is 1. The first-order valence-corrected chi connectivity index (χ1v) is 15.1. The van der Waals surface area contributed by atoms with Crippen LogP contribution in [0.15, 0.2) is 72.8 Å². The van der Waals surface area contributed by atoms with E-state index in [2.05, 4.69) is 17.3 Å². The van der Waals surface area contributed by atoms with E-state index >= 15 is 0 Å². The molecule has 1 aliphatic carbocycles. The van der Waals surface area contributed by atoms with Crippen LogP contribution in [0.1, 0.15) is 67.1 Å². The molecule has 2 atom stereocenters. The van der Waals surface area contributed by atoms with Crippen LogP contribution < -0.4 is 5.32 Å². The lowest BCUT2D eigenvalue weighted by Crippen LogP contribution is -2.49. The third-order valence-electron chi connectivity index (χ3n) is 9.43. The van der Waals surface area contributed by atoms with Crippen molar-refractivity contribution in [3.05, 3.63) is 95.1 Å². The van der Waals surface area contributed by atoms with Crippen LogP contribution >= 0.6 is 0 Å². The quantitative estimate of drug-likeness (QED) is 0.307. The molecule has 43 heavy (non-hydrogen) atoms. The molecule has 0 bridgehead atoms. The first-order valence-electron chi connectivity index (χ1n) is 15.1. The van der Waals surface area contributed by atoms with Crippen molar-refractivity contribution in [2.75, 3.05) is 33.2 Å². The lowest BCUT2D eigenvalue weighted by molar-refractivity contribution is 0.0578. The van der Waals surface area contributed by atoms with Crippen molar-refractivity contribution in [3.8, 4) is 0 Å². The molecule has 1 fully saturated rings. The van der Waals surface area contributed by atoms with Crippen molar-refractivity contribution < 1.29 is 19.2 Å². The molecule has 4 amide bonds. The van der Waals surface area contributed by atoms with Gasteiger partial charge in [-0.25, -0.2) is 0 Å². The van der Waals surface area contributed by atoms with E-state index < -0.39 is 0 Å². The van der Waals surface area contributed by atoms with E-state index in [0.717, 1.165) is 47.2 Å². The molecule has 2 unspecified atom stereocenters. The van der Waals surface area contributed by atoms with Crippen LogP contribution in [0.4, 0.5) is 0 Å².